The molecular formula is C18H18F3NO3. The quantitative estimate of drug-likeness (QED) is 0.787. The highest BCUT2D eigenvalue weighted by molar-refractivity contribution is 6.04. The zero-order valence-electron chi connectivity index (χ0n) is 13.6. The third-order valence-corrected chi connectivity index (χ3v) is 3.06. The minimum atomic E-state index is -4.42. The minimum absolute atomic E-state index is 0.0233. The van der Waals surface area contributed by atoms with Crippen molar-refractivity contribution in [3.05, 3.63) is 54.1 Å². The summed E-state index contributed by atoms with van der Waals surface area (Å²) in [6, 6.07) is 12.5. The van der Waals surface area contributed by atoms with Gasteiger partial charge in [0.1, 0.15) is 11.5 Å². The average molecular weight is 353 g/mol. The molecule has 0 unspecified atom stereocenters. The van der Waals surface area contributed by atoms with E-state index >= 15 is 0 Å². The van der Waals surface area contributed by atoms with Gasteiger partial charge in [-0.15, -0.1) is 0 Å². The number of halogens is 3. The first-order chi connectivity index (χ1) is 11.9. The van der Waals surface area contributed by atoms with E-state index in [0.29, 0.717) is 23.6 Å². The SMILES string of the molecule is CCCOc1cccc(C(=O)Nc2cccc(OCC(F)(F)F)c2)c1. The molecule has 134 valence electrons. The Kier molecular flexibility index (Phi) is 6.27. The Bertz CT molecular complexity index is 717. The van der Waals surface area contributed by atoms with E-state index in [1.807, 2.05) is 6.92 Å². The first-order valence-corrected chi connectivity index (χ1v) is 7.71. The van der Waals surface area contributed by atoms with Crippen molar-refractivity contribution in [1.29, 1.82) is 0 Å². The van der Waals surface area contributed by atoms with Gasteiger partial charge in [0.15, 0.2) is 6.61 Å². The van der Waals surface area contributed by atoms with Crippen LogP contribution in [0.4, 0.5) is 18.9 Å². The fraction of sp³-hybridized carbons (Fsp3) is 0.278. The predicted molar refractivity (Wildman–Crippen MR) is 88.2 cm³/mol. The molecule has 2 aromatic carbocycles. The van der Waals surface area contributed by atoms with E-state index in [1.54, 1.807) is 30.3 Å². The standard InChI is InChI=1S/C18H18F3NO3/c1-2-9-24-15-7-3-5-13(10-15)17(23)22-14-6-4-8-16(11-14)25-12-18(19,20)21/h3-8,10-11H,2,9,12H2,1H3,(H,22,23). The number of rotatable bonds is 7. The third kappa shape index (κ3) is 6.37. The first kappa shape index (κ1) is 18.6. The lowest BCUT2D eigenvalue weighted by molar-refractivity contribution is -0.153. The largest absolute Gasteiger partial charge is 0.494 e. The van der Waals surface area contributed by atoms with Gasteiger partial charge in [-0.25, -0.2) is 0 Å². The van der Waals surface area contributed by atoms with Crippen LogP contribution in [-0.4, -0.2) is 25.3 Å². The normalized spacial score (nSPS) is 11.0. The molecule has 7 heteroatoms. The summed E-state index contributed by atoms with van der Waals surface area (Å²) in [5.74, 6) is 0.210. The van der Waals surface area contributed by atoms with Crippen LogP contribution in [0.25, 0.3) is 0 Å². The fourth-order valence-electron chi connectivity index (χ4n) is 1.98. The Labute approximate surface area is 143 Å². The van der Waals surface area contributed by atoms with Crippen molar-refractivity contribution in [2.24, 2.45) is 0 Å². The molecule has 1 N–H and O–H groups in total. The summed E-state index contributed by atoms with van der Waals surface area (Å²) >= 11 is 0. The molecule has 0 saturated carbocycles. The molecule has 0 bridgehead atoms. The fourth-order valence-corrected chi connectivity index (χ4v) is 1.98. The second-order valence-electron chi connectivity index (χ2n) is 5.26. The maximum Gasteiger partial charge on any atom is 0.422 e. The number of hydrogen-bond acceptors (Lipinski definition) is 3. The number of amides is 1. The van der Waals surface area contributed by atoms with Crippen LogP contribution in [0.15, 0.2) is 48.5 Å². The van der Waals surface area contributed by atoms with E-state index in [4.69, 9.17) is 4.74 Å². The molecule has 1 amide bonds. The number of alkyl halides is 3. The molecule has 0 spiro atoms. The molecular weight excluding hydrogens is 335 g/mol. The number of ether oxygens (including phenoxy) is 2. The van der Waals surface area contributed by atoms with Crippen LogP contribution >= 0.6 is 0 Å². The Hall–Kier alpha value is -2.70. The van der Waals surface area contributed by atoms with Gasteiger partial charge in [-0.3, -0.25) is 4.79 Å². The Morgan fingerprint density at radius 1 is 1.04 bits per heavy atom. The summed E-state index contributed by atoms with van der Waals surface area (Å²) in [6.45, 7) is 1.13. The number of anilines is 1. The number of hydrogen-bond donors (Lipinski definition) is 1. The van der Waals surface area contributed by atoms with Gasteiger partial charge in [0.2, 0.25) is 0 Å². The second kappa shape index (κ2) is 8.41. The molecule has 0 saturated heterocycles. The molecule has 2 aromatic rings. The van der Waals surface area contributed by atoms with Gasteiger partial charge in [-0.1, -0.05) is 19.1 Å². The molecule has 0 aromatic heterocycles. The average Bonchev–Trinajstić information content (AvgIpc) is 2.58. The van der Waals surface area contributed by atoms with E-state index in [1.165, 1.54) is 18.2 Å². The molecule has 25 heavy (non-hydrogen) atoms. The van der Waals surface area contributed by atoms with Crippen LogP contribution in [0.1, 0.15) is 23.7 Å². The number of carbonyl (C=O) groups is 1. The third-order valence-electron chi connectivity index (χ3n) is 3.06. The summed E-state index contributed by atoms with van der Waals surface area (Å²) in [6.07, 6.45) is -3.57. The van der Waals surface area contributed by atoms with E-state index < -0.39 is 18.7 Å². The molecule has 0 heterocycles. The monoisotopic (exact) mass is 353 g/mol. The molecule has 0 aliphatic rings. The zero-order valence-corrected chi connectivity index (χ0v) is 13.6. The summed E-state index contributed by atoms with van der Waals surface area (Å²) in [5.41, 5.74) is 0.722. The van der Waals surface area contributed by atoms with Gasteiger partial charge in [0.25, 0.3) is 5.91 Å². The summed E-state index contributed by atoms with van der Waals surface area (Å²) < 4.78 is 46.7. The van der Waals surface area contributed by atoms with Crippen LogP contribution < -0.4 is 14.8 Å². The van der Waals surface area contributed by atoms with Crippen molar-refractivity contribution in [1.82, 2.24) is 0 Å². The topological polar surface area (TPSA) is 47.6 Å². The molecule has 4 nitrogen and oxygen atoms in total. The first-order valence-electron chi connectivity index (χ1n) is 7.71. The minimum Gasteiger partial charge on any atom is -0.494 e. The maximum absolute atomic E-state index is 12.3. The van der Waals surface area contributed by atoms with Crippen molar-refractivity contribution >= 4 is 11.6 Å². The lowest BCUT2D eigenvalue weighted by Gasteiger charge is -2.11. The second-order valence-corrected chi connectivity index (χ2v) is 5.26. The smallest absolute Gasteiger partial charge is 0.422 e. The van der Waals surface area contributed by atoms with E-state index in [9.17, 15) is 18.0 Å². The van der Waals surface area contributed by atoms with Crippen molar-refractivity contribution < 1.29 is 27.4 Å². The van der Waals surface area contributed by atoms with Gasteiger partial charge in [-0.05, 0) is 36.8 Å². The molecule has 0 atom stereocenters. The van der Waals surface area contributed by atoms with Gasteiger partial charge in [0, 0.05) is 17.3 Å². The summed E-state index contributed by atoms with van der Waals surface area (Å²) in [4.78, 5) is 12.3. The van der Waals surface area contributed by atoms with E-state index in [-0.39, 0.29) is 5.75 Å². The van der Waals surface area contributed by atoms with Gasteiger partial charge in [-0.2, -0.15) is 13.2 Å². The van der Waals surface area contributed by atoms with Crippen molar-refractivity contribution in [3.8, 4) is 11.5 Å². The lowest BCUT2D eigenvalue weighted by atomic mass is 10.2. The number of carbonyl (C=O) groups excluding carboxylic acids is 1. The van der Waals surface area contributed by atoms with Crippen LogP contribution in [0.3, 0.4) is 0 Å². The van der Waals surface area contributed by atoms with E-state index in [2.05, 4.69) is 10.1 Å². The number of nitrogens with one attached hydrogen (secondary N) is 1. The summed E-state index contributed by atoms with van der Waals surface area (Å²) in [7, 11) is 0. The van der Waals surface area contributed by atoms with E-state index in [0.717, 1.165) is 6.42 Å². The van der Waals surface area contributed by atoms with Crippen LogP contribution in [0, 0.1) is 0 Å². The molecule has 0 fully saturated rings. The molecule has 0 aliphatic carbocycles. The Balaban J connectivity index is 2.03. The Morgan fingerprint density at radius 2 is 1.72 bits per heavy atom. The lowest BCUT2D eigenvalue weighted by Crippen LogP contribution is -2.19. The maximum atomic E-state index is 12.3. The molecule has 2 rings (SSSR count). The van der Waals surface area contributed by atoms with Crippen LogP contribution in [0.5, 0.6) is 11.5 Å². The zero-order chi connectivity index (χ0) is 18.3. The van der Waals surface area contributed by atoms with Crippen molar-refractivity contribution in [3.63, 3.8) is 0 Å². The van der Waals surface area contributed by atoms with Gasteiger partial charge in [0.05, 0.1) is 6.61 Å². The van der Waals surface area contributed by atoms with Crippen LogP contribution in [0.2, 0.25) is 0 Å². The highest BCUT2D eigenvalue weighted by Crippen LogP contribution is 2.22. The Morgan fingerprint density at radius 3 is 2.40 bits per heavy atom. The van der Waals surface area contributed by atoms with Gasteiger partial charge >= 0.3 is 6.18 Å². The highest BCUT2D eigenvalue weighted by atomic mass is 19.4. The summed E-state index contributed by atoms with van der Waals surface area (Å²) in [5, 5.41) is 2.62. The van der Waals surface area contributed by atoms with Gasteiger partial charge < -0.3 is 14.8 Å². The van der Waals surface area contributed by atoms with Crippen molar-refractivity contribution in [2.75, 3.05) is 18.5 Å². The van der Waals surface area contributed by atoms with Crippen LogP contribution in [-0.2, 0) is 0 Å². The molecule has 0 aliphatic heterocycles. The predicted octanol–water partition coefficient (Wildman–Crippen LogP) is 4.67. The molecule has 0 radical (unpaired) electrons. The number of benzene rings is 2. The highest BCUT2D eigenvalue weighted by Gasteiger charge is 2.28. The van der Waals surface area contributed by atoms with Crippen molar-refractivity contribution in [2.45, 2.75) is 19.5 Å².